The Kier molecular flexibility index (Phi) is 3.42. The second-order valence-corrected chi connectivity index (χ2v) is 5.96. The molecule has 0 unspecified atom stereocenters. The minimum Gasteiger partial charge on any atom is -0.475 e. The van der Waals surface area contributed by atoms with Gasteiger partial charge >= 0.3 is 5.97 Å². The molecule has 7 nitrogen and oxygen atoms in total. The molecule has 0 spiro atoms. The van der Waals surface area contributed by atoms with Crippen molar-refractivity contribution in [1.82, 2.24) is 4.72 Å². The number of sulfonamides is 1. The smallest absolute Gasteiger partial charge is 0.371 e. The molecule has 1 aliphatic rings. The molecular weight excluding hydrogens is 262 g/mol. The van der Waals surface area contributed by atoms with Gasteiger partial charge in [0.1, 0.15) is 0 Å². The van der Waals surface area contributed by atoms with E-state index in [2.05, 4.69) is 4.72 Å². The highest BCUT2D eigenvalue weighted by Gasteiger charge is 2.29. The van der Waals surface area contributed by atoms with Crippen molar-refractivity contribution >= 4 is 16.0 Å². The molecule has 0 saturated heterocycles. The van der Waals surface area contributed by atoms with E-state index < -0.39 is 26.8 Å². The number of rotatable bonds is 5. The van der Waals surface area contributed by atoms with Crippen LogP contribution in [0.15, 0.2) is 21.6 Å². The van der Waals surface area contributed by atoms with E-state index in [9.17, 15) is 13.2 Å². The van der Waals surface area contributed by atoms with Crippen LogP contribution >= 0.6 is 0 Å². The molecule has 0 aromatic carbocycles. The third-order valence-corrected chi connectivity index (χ3v) is 4.13. The Morgan fingerprint density at radius 3 is 2.61 bits per heavy atom. The highest BCUT2D eigenvalue weighted by Crippen LogP contribution is 2.26. The predicted octanol–water partition coefficient (Wildman–Crippen LogP) is 0.0270. The molecule has 8 heteroatoms. The summed E-state index contributed by atoms with van der Waals surface area (Å²) in [6, 6.07) is 2.19. The average molecular weight is 275 g/mol. The van der Waals surface area contributed by atoms with Crippen LogP contribution in [0.5, 0.6) is 0 Å². The first-order valence-electron chi connectivity index (χ1n) is 5.39. The number of hydrogen-bond donors (Lipinski definition) is 3. The Bertz CT molecular complexity index is 542. The number of furan rings is 1. The van der Waals surface area contributed by atoms with Gasteiger partial charge in [0.25, 0.3) is 10.0 Å². The zero-order chi connectivity index (χ0) is 13.3. The Balaban J connectivity index is 1.99. The van der Waals surface area contributed by atoms with E-state index >= 15 is 0 Å². The van der Waals surface area contributed by atoms with Crippen molar-refractivity contribution in [2.45, 2.75) is 24.0 Å². The standard InChI is InChI=1S/C10H13NO6S/c12-7-3-6(4-7)5-11-18(15,16)9-2-1-8(17-9)10(13)14/h1-2,6-7,11-12H,3-5H2,(H,13,14). The molecule has 0 radical (unpaired) electrons. The van der Waals surface area contributed by atoms with E-state index in [0.717, 1.165) is 12.1 Å². The second kappa shape index (κ2) is 4.71. The molecule has 1 heterocycles. The summed E-state index contributed by atoms with van der Waals surface area (Å²) in [6.45, 7) is 0.211. The quantitative estimate of drug-likeness (QED) is 0.697. The molecule has 1 aromatic heterocycles. The molecule has 2 rings (SSSR count). The number of aliphatic hydroxyl groups is 1. The lowest BCUT2D eigenvalue weighted by Crippen LogP contribution is -2.38. The first-order valence-corrected chi connectivity index (χ1v) is 6.87. The maximum atomic E-state index is 11.7. The van der Waals surface area contributed by atoms with Gasteiger partial charge in [-0.3, -0.25) is 0 Å². The molecule has 0 amide bonds. The van der Waals surface area contributed by atoms with Crippen molar-refractivity contribution in [3.63, 3.8) is 0 Å². The largest absolute Gasteiger partial charge is 0.475 e. The third-order valence-electron chi connectivity index (χ3n) is 2.83. The summed E-state index contributed by atoms with van der Waals surface area (Å²) in [6.07, 6.45) is 0.795. The van der Waals surface area contributed by atoms with Gasteiger partial charge < -0.3 is 14.6 Å². The van der Waals surface area contributed by atoms with Crippen LogP contribution in [0.4, 0.5) is 0 Å². The van der Waals surface area contributed by atoms with Crippen LogP contribution in [0.3, 0.4) is 0 Å². The Morgan fingerprint density at radius 2 is 2.11 bits per heavy atom. The zero-order valence-corrected chi connectivity index (χ0v) is 10.2. The first kappa shape index (κ1) is 13.1. The summed E-state index contributed by atoms with van der Waals surface area (Å²) in [5.74, 6) is -1.63. The number of carboxylic acids is 1. The molecule has 0 atom stereocenters. The summed E-state index contributed by atoms with van der Waals surface area (Å²) in [5, 5.41) is 17.3. The molecule has 1 saturated carbocycles. The minimum atomic E-state index is -3.82. The van der Waals surface area contributed by atoms with E-state index in [1.54, 1.807) is 0 Å². The molecule has 0 aliphatic heterocycles. The van der Waals surface area contributed by atoms with Gasteiger partial charge in [0.05, 0.1) is 6.10 Å². The Hall–Kier alpha value is -1.38. The third kappa shape index (κ3) is 2.71. The van der Waals surface area contributed by atoms with Gasteiger partial charge in [0.15, 0.2) is 0 Å². The van der Waals surface area contributed by atoms with Gasteiger partial charge in [-0.05, 0) is 30.9 Å². The Labute approximate surface area is 103 Å². The molecule has 0 bridgehead atoms. The van der Waals surface area contributed by atoms with Crippen LogP contribution < -0.4 is 4.72 Å². The lowest BCUT2D eigenvalue weighted by Gasteiger charge is -2.31. The Morgan fingerprint density at radius 1 is 1.44 bits per heavy atom. The van der Waals surface area contributed by atoms with Crippen molar-refractivity contribution in [3.8, 4) is 0 Å². The van der Waals surface area contributed by atoms with Crippen LogP contribution in [0.1, 0.15) is 23.4 Å². The van der Waals surface area contributed by atoms with Crippen LogP contribution in [0.2, 0.25) is 0 Å². The topological polar surface area (TPSA) is 117 Å². The van der Waals surface area contributed by atoms with Crippen molar-refractivity contribution in [3.05, 3.63) is 17.9 Å². The fourth-order valence-corrected chi connectivity index (χ4v) is 2.79. The summed E-state index contributed by atoms with van der Waals surface area (Å²) < 4.78 is 30.5. The van der Waals surface area contributed by atoms with Crippen LogP contribution in [0, 0.1) is 5.92 Å². The van der Waals surface area contributed by atoms with Crippen molar-refractivity contribution in [2.24, 2.45) is 5.92 Å². The van der Waals surface area contributed by atoms with Crippen LogP contribution in [-0.4, -0.2) is 37.2 Å². The fourth-order valence-electron chi connectivity index (χ4n) is 1.75. The van der Waals surface area contributed by atoms with E-state index in [1.165, 1.54) is 0 Å². The van der Waals surface area contributed by atoms with Crippen LogP contribution in [-0.2, 0) is 10.0 Å². The summed E-state index contributed by atoms with van der Waals surface area (Å²) in [7, 11) is -3.82. The van der Waals surface area contributed by atoms with E-state index in [1.807, 2.05) is 0 Å². The number of nitrogens with one attached hydrogen (secondary N) is 1. The van der Waals surface area contributed by atoms with E-state index in [4.69, 9.17) is 14.6 Å². The second-order valence-electron chi connectivity index (χ2n) is 4.27. The van der Waals surface area contributed by atoms with Gasteiger partial charge in [0.2, 0.25) is 10.9 Å². The highest BCUT2D eigenvalue weighted by molar-refractivity contribution is 7.89. The number of aliphatic hydroxyl groups excluding tert-OH is 1. The SMILES string of the molecule is O=C(O)c1ccc(S(=O)(=O)NCC2CC(O)C2)o1. The summed E-state index contributed by atoms with van der Waals surface area (Å²) >= 11 is 0. The predicted molar refractivity (Wildman–Crippen MR) is 59.6 cm³/mol. The molecule has 1 fully saturated rings. The van der Waals surface area contributed by atoms with Crippen molar-refractivity contribution < 1.29 is 27.8 Å². The fraction of sp³-hybridized carbons (Fsp3) is 0.500. The normalized spacial score (nSPS) is 23.6. The number of carboxylic acid groups (broad SMARTS) is 1. The average Bonchev–Trinajstić information content (AvgIpc) is 2.72. The lowest BCUT2D eigenvalue weighted by atomic mass is 9.83. The zero-order valence-electron chi connectivity index (χ0n) is 9.37. The van der Waals surface area contributed by atoms with Crippen LogP contribution in [0.25, 0.3) is 0 Å². The maximum Gasteiger partial charge on any atom is 0.371 e. The van der Waals surface area contributed by atoms with Gasteiger partial charge in [0, 0.05) is 6.54 Å². The molecule has 18 heavy (non-hydrogen) atoms. The first-order chi connectivity index (χ1) is 8.38. The van der Waals surface area contributed by atoms with Gasteiger partial charge in [-0.15, -0.1) is 0 Å². The highest BCUT2D eigenvalue weighted by atomic mass is 32.2. The lowest BCUT2D eigenvalue weighted by molar-refractivity contribution is 0.0452. The summed E-state index contributed by atoms with van der Waals surface area (Å²) in [5.41, 5.74) is 0. The molecule has 3 N–H and O–H groups in total. The van der Waals surface area contributed by atoms with E-state index in [-0.39, 0.29) is 18.6 Å². The monoisotopic (exact) mass is 275 g/mol. The molecule has 1 aromatic rings. The van der Waals surface area contributed by atoms with Gasteiger partial charge in [-0.2, -0.15) is 0 Å². The molecule has 100 valence electrons. The van der Waals surface area contributed by atoms with Gasteiger partial charge in [-0.25, -0.2) is 17.9 Å². The number of aromatic carboxylic acids is 1. The minimum absolute atomic E-state index is 0.115. The molecular formula is C10H13NO6S. The summed E-state index contributed by atoms with van der Waals surface area (Å²) in [4.78, 5) is 10.6. The van der Waals surface area contributed by atoms with E-state index in [0.29, 0.717) is 12.8 Å². The number of carbonyl (C=O) groups is 1. The number of hydrogen-bond acceptors (Lipinski definition) is 5. The molecule has 1 aliphatic carbocycles. The van der Waals surface area contributed by atoms with Crippen molar-refractivity contribution in [1.29, 1.82) is 0 Å². The maximum absolute atomic E-state index is 11.7. The van der Waals surface area contributed by atoms with Gasteiger partial charge in [-0.1, -0.05) is 0 Å². The van der Waals surface area contributed by atoms with Crippen molar-refractivity contribution in [2.75, 3.05) is 6.54 Å².